The maximum atomic E-state index is 12.6. The summed E-state index contributed by atoms with van der Waals surface area (Å²) >= 11 is 0. The third kappa shape index (κ3) is 3.62. The number of hydrogen-bond acceptors (Lipinski definition) is 3. The molecule has 4 nitrogen and oxygen atoms in total. The molecule has 1 unspecified atom stereocenters. The molecular formula is C17H19F3N2O2. The lowest BCUT2D eigenvalue weighted by Gasteiger charge is -2.34. The molecule has 1 atom stereocenters. The van der Waals surface area contributed by atoms with Gasteiger partial charge in [0, 0.05) is 17.6 Å². The van der Waals surface area contributed by atoms with Crippen molar-refractivity contribution in [3.8, 4) is 0 Å². The van der Waals surface area contributed by atoms with Crippen LogP contribution in [0.3, 0.4) is 0 Å². The number of para-hydroxylation sites is 1. The van der Waals surface area contributed by atoms with Gasteiger partial charge < -0.3 is 10.1 Å². The molecule has 1 fully saturated rings. The van der Waals surface area contributed by atoms with Crippen LogP contribution in [0, 0.1) is 5.92 Å². The fourth-order valence-electron chi connectivity index (χ4n) is 3.24. The zero-order valence-corrected chi connectivity index (χ0v) is 13.0. The summed E-state index contributed by atoms with van der Waals surface area (Å²) in [5, 5.41) is 10.3. The zero-order chi connectivity index (χ0) is 17.3. The van der Waals surface area contributed by atoms with Gasteiger partial charge in [0.15, 0.2) is 6.10 Å². The van der Waals surface area contributed by atoms with Crippen molar-refractivity contribution >= 4 is 10.9 Å². The highest BCUT2D eigenvalue weighted by molar-refractivity contribution is 5.78. The van der Waals surface area contributed by atoms with Crippen LogP contribution in [0.15, 0.2) is 35.1 Å². The first-order chi connectivity index (χ1) is 11.3. The Labute approximate surface area is 136 Å². The number of aromatic nitrogens is 1. The molecule has 2 aromatic rings. The third-order valence-electron chi connectivity index (χ3n) is 4.64. The second-order valence-corrected chi connectivity index (χ2v) is 6.31. The molecule has 0 bridgehead atoms. The third-order valence-corrected chi connectivity index (χ3v) is 4.64. The normalized spacial score (nSPS) is 18.8. The van der Waals surface area contributed by atoms with E-state index < -0.39 is 18.2 Å². The molecule has 0 spiro atoms. The van der Waals surface area contributed by atoms with Gasteiger partial charge in [-0.3, -0.25) is 9.69 Å². The number of halogens is 3. The number of nitrogens with zero attached hydrogens (tertiary/aromatic N) is 1. The summed E-state index contributed by atoms with van der Waals surface area (Å²) in [6.45, 7) is 1.27. The number of aliphatic hydroxyl groups excluding tert-OH is 1. The van der Waals surface area contributed by atoms with Gasteiger partial charge in [-0.2, -0.15) is 13.2 Å². The average molecular weight is 340 g/mol. The van der Waals surface area contributed by atoms with Gasteiger partial charge in [0.2, 0.25) is 0 Å². The lowest BCUT2D eigenvalue weighted by atomic mass is 9.90. The highest BCUT2D eigenvalue weighted by Crippen LogP contribution is 2.31. The summed E-state index contributed by atoms with van der Waals surface area (Å²) in [7, 11) is 0. The Bertz CT molecular complexity index is 764. The Morgan fingerprint density at radius 2 is 1.92 bits per heavy atom. The molecule has 1 aromatic heterocycles. The maximum Gasteiger partial charge on any atom is 0.414 e. The first kappa shape index (κ1) is 17.0. The highest BCUT2D eigenvalue weighted by Gasteiger charge is 2.44. The number of piperidine rings is 1. The van der Waals surface area contributed by atoms with Crippen molar-refractivity contribution in [2.24, 2.45) is 5.92 Å². The number of alkyl halides is 3. The van der Waals surface area contributed by atoms with Gasteiger partial charge in [-0.1, -0.05) is 18.2 Å². The molecule has 0 amide bonds. The lowest BCUT2D eigenvalue weighted by molar-refractivity contribution is -0.223. The van der Waals surface area contributed by atoms with E-state index in [2.05, 4.69) is 4.98 Å². The molecule has 1 aliphatic rings. The Kier molecular flexibility index (Phi) is 4.64. The lowest BCUT2D eigenvalue weighted by Crippen LogP contribution is -2.43. The highest BCUT2D eigenvalue weighted by atomic mass is 19.4. The van der Waals surface area contributed by atoms with Gasteiger partial charge in [-0.15, -0.1) is 0 Å². The minimum absolute atomic E-state index is 0.175. The first-order valence-corrected chi connectivity index (χ1v) is 7.92. The van der Waals surface area contributed by atoms with Gasteiger partial charge >= 0.3 is 6.18 Å². The van der Waals surface area contributed by atoms with Crippen molar-refractivity contribution in [3.05, 3.63) is 46.2 Å². The Morgan fingerprint density at radius 3 is 2.58 bits per heavy atom. The van der Waals surface area contributed by atoms with E-state index in [0.29, 0.717) is 25.2 Å². The van der Waals surface area contributed by atoms with Crippen LogP contribution in [0.2, 0.25) is 0 Å². The van der Waals surface area contributed by atoms with Crippen molar-refractivity contribution in [2.45, 2.75) is 31.7 Å². The molecule has 1 aromatic carbocycles. The number of aliphatic hydroxyl groups is 1. The van der Waals surface area contributed by atoms with E-state index >= 15 is 0 Å². The summed E-state index contributed by atoms with van der Waals surface area (Å²) < 4.78 is 37.7. The van der Waals surface area contributed by atoms with Gasteiger partial charge in [-0.05, 0) is 49.4 Å². The van der Waals surface area contributed by atoms with Gasteiger partial charge in [-0.25, -0.2) is 0 Å². The van der Waals surface area contributed by atoms with Crippen LogP contribution in [0.25, 0.3) is 10.9 Å². The molecule has 0 radical (unpaired) electrons. The Hall–Kier alpha value is -1.86. The van der Waals surface area contributed by atoms with E-state index in [0.717, 1.165) is 10.9 Å². The average Bonchev–Trinajstić information content (AvgIpc) is 2.55. The quantitative estimate of drug-likeness (QED) is 0.903. The van der Waals surface area contributed by atoms with E-state index in [1.165, 1.54) is 0 Å². The van der Waals surface area contributed by atoms with Crippen LogP contribution in [-0.2, 0) is 6.54 Å². The van der Waals surface area contributed by atoms with E-state index in [4.69, 9.17) is 0 Å². The van der Waals surface area contributed by atoms with Gasteiger partial charge in [0.05, 0.1) is 0 Å². The van der Waals surface area contributed by atoms with E-state index in [1.54, 1.807) is 0 Å². The topological polar surface area (TPSA) is 56.3 Å². The summed E-state index contributed by atoms with van der Waals surface area (Å²) in [6.07, 6.45) is -6.29. The molecule has 3 rings (SSSR count). The summed E-state index contributed by atoms with van der Waals surface area (Å²) in [4.78, 5) is 16.9. The number of pyridine rings is 1. The monoisotopic (exact) mass is 340 g/mol. The smallest absolute Gasteiger partial charge is 0.383 e. The molecule has 0 saturated carbocycles. The fourth-order valence-corrected chi connectivity index (χ4v) is 3.24. The largest absolute Gasteiger partial charge is 0.414 e. The Morgan fingerprint density at radius 1 is 1.25 bits per heavy atom. The summed E-state index contributed by atoms with van der Waals surface area (Å²) in [6, 6.07) is 9.28. The summed E-state index contributed by atoms with van der Waals surface area (Å²) in [5.74, 6) is -0.767. The van der Waals surface area contributed by atoms with Gasteiger partial charge in [0.1, 0.15) is 0 Å². The van der Waals surface area contributed by atoms with Gasteiger partial charge in [0.25, 0.3) is 5.56 Å². The predicted octanol–water partition coefficient (Wildman–Crippen LogP) is 2.66. The van der Waals surface area contributed by atoms with Crippen LogP contribution in [0.1, 0.15) is 18.4 Å². The number of rotatable bonds is 3. The van der Waals surface area contributed by atoms with E-state index in [9.17, 15) is 23.1 Å². The standard InChI is InChI=1S/C17H19F3N2O2/c18-17(19,20)15(23)11-5-7-22(8-6-11)10-13-9-12-3-1-2-4-14(12)21-16(13)24/h1-4,9,11,15,23H,5-8,10H2,(H,21,24). The second kappa shape index (κ2) is 6.57. The van der Waals surface area contributed by atoms with Crippen molar-refractivity contribution in [1.82, 2.24) is 9.88 Å². The zero-order valence-electron chi connectivity index (χ0n) is 13.0. The second-order valence-electron chi connectivity index (χ2n) is 6.31. The molecule has 7 heteroatoms. The molecule has 0 aliphatic carbocycles. The number of H-pyrrole nitrogens is 1. The maximum absolute atomic E-state index is 12.6. The van der Waals surface area contributed by atoms with E-state index in [-0.39, 0.29) is 18.4 Å². The Balaban J connectivity index is 1.66. The number of likely N-dealkylation sites (tertiary alicyclic amines) is 1. The molecule has 2 heterocycles. The van der Waals surface area contributed by atoms with Crippen LogP contribution in [-0.4, -0.2) is 40.4 Å². The van der Waals surface area contributed by atoms with Crippen molar-refractivity contribution < 1.29 is 18.3 Å². The van der Waals surface area contributed by atoms with Crippen LogP contribution >= 0.6 is 0 Å². The number of hydrogen-bond donors (Lipinski definition) is 2. The number of nitrogens with one attached hydrogen (secondary N) is 1. The molecule has 2 N–H and O–H groups in total. The number of benzene rings is 1. The fraction of sp³-hybridized carbons (Fsp3) is 0.471. The summed E-state index contributed by atoms with van der Waals surface area (Å²) in [5.41, 5.74) is 1.19. The SMILES string of the molecule is O=c1[nH]c2ccccc2cc1CN1CCC(C(O)C(F)(F)F)CC1. The van der Waals surface area contributed by atoms with E-state index in [1.807, 2.05) is 35.2 Å². The first-order valence-electron chi connectivity index (χ1n) is 7.92. The molecule has 1 saturated heterocycles. The minimum atomic E-state index is -4.57. The van der Waals surface area contributed by atoms with Crippen LogP contribution in [0.4, 0.5) is 13.2 Å². The predicted molar refractivity (Wildman–Crippen MR) is 84.6 cm³/mol. The van der Waals surface area contributed by atoms with Crippen molar-refractivity contribution in [2.75, 3.05) is 13.1 Å². The number of fused-ring (bicyclic) bond motifs is 1. The molecular weight excluding hydrogens is 321 g/mol. The van der Waals surface area contributed by atoms with Crippen LogP contribution in [0.5, 0.6) is 0 Å². The van der Waals surface area contributed by atoms with Crippen molar-refractivity contribution in [1.29, 1.82) is 0 Å². The minimum Gasteiger partial charge on any atom is -0.383 e. The molecule has 24 heavy (non-hydrogen) atoms. The van der Waals surface area contributed by atoms with Crippen molar-refractivity contribution in [3.63, 3.8) is 0 Å². The molecule has 1 aliphatic heterocycles. The number of aromatic amines is 1. The molecule has 130 valence electrons. The van der Waals surface area contributed by atoms with Crippen LogP contribution < -0.4 is 5.56 Å².